The Labute approximate surface area is 121 Å². The zero-order chi connectivity index (χ0) is 14.3. The third kappa shape index (κ3) is 7.04. The molecule has 4 heteroatoms. The number of thiazole rings is 1. The molecule has 19 heavy (non-hydrogen) atoms. The molecule has 3 nitrogen and oxygen atoms in total. The van der Waals surface area contributed by atoms with Gasteiger partial charge in [0.1, 0.15) is 0 Å². The van der Waals surface area contributed by atoms with Gasteiger partial charge in [-0.15, -0.1) is 11.3 Å². The molecule has 1 aromatic rings. The van der Waals surface area contributed by atoms with E-state index in [4.69, 9.17) is 4.74 Å². The Morgan fingerprint density at radius 1 is 1.32 bits per heavy atom. The second-order valence-electron chi connectivity index (χ2n) is 6.19. The lowest BCUT2D eigenvalue weighted by atomic mass is 9.98. The number of hydrogen-bond donors (Lipinski definition) is 1. The molecule has 0 spiro atoms. The Bertz CT molecular complexity index is 355. The summed E-state index contributed by atoms with van der Waals surface area (Å²) in [5, 5.41) is 4.69. The van der Waals surface area contributed by atoms with Crippen LogP contribution in [0.4, 0.5) is 0 Å². The Morgan fingerprint density at radius 2 is 2.05 bits per heavy atom. The molecule has 0 atom stereocenters. The fourth-order valence-electron chi connectivity index (χ4n) is 1.62. The van der Waals surface area contributed by atoms with Gasteiger partial charge in [-0.05, 0) is 33.2 Å². The van der Waals surface area contributed by atoms with Crippen LogP contribution in [0, 0.1) is 0 Å². The number of nitrogens with one attached hydrogen (secondary N) is 1. The van der Waals surface area contributed by atoms with Gasteiger partial charge >= 0.3 is 0 Å². The summed E-state index contributed by atoms with van der Waals surface area (Å²) in [6.07, 6.45) is 4.64. The Kier molecular flexibility index (Phi) is 6.97. The maximum absolute atomic E-state index is 5.51. The van der Waals surface area contributed by atoms with Crippen LogP contribution in [0.25, 0.3) is 0 Å². The molecule has 1 aromatic heterocycles. The summed E-state index contributed by atoms with van der Waals surface area (Å²) in [6.45, 7) is 13.6. The van der Waals surface area contributed by atoms with E-state index in [2.05, 4.69) is 44.9 Å². The molecule has 0 fully saturated rings. The van der Waals surface area contributed by atoms with Crippen molar-refractivity contribution < 1.29 is 4.74 Å². The minimum atomic E-state index is 0.164. The molecule has 0 aliphatic carbocycles. The molecule has 110 valence electrons. The first-order valence-electron chi connectivity index (χ1n) is 7.17. The lowest BCUT2D eigenvalue weighted by molar-refractivity contribution is 0.0760. The van der Waals surface area contributed by atoms with Crippen LogP contribution in [0.15, 0.2) is 6.20 Å². The third-order valence-corrected chi connectivity index (χ3v) is 4.12. The van der Waals surface area contributed by atoms with Crippen molar-refractivity contribution in [3.8, 4) is 0 Å². The van der Waals surface area contributed by atoms with Gasteiger partial charge in [-0.2, -0.15) is 0 Å². The van der Waals surface area contributed by atoms with Crippen LogP contribution in [-0.2, 0) is 16.7 Å². The lowest BCUT2D eigenvalue weighted by Crippen LogP contribution is -2.15. The molecule has 0 aliphatic rings. The fraction of sp³-hybridized carbons (Fsp3) is 0.800. The zero-order valence-corrected chi connectivity index (χ0v) is 13.8. The quantitative estimate of drug-likeness (QED) is 0.739. The second kappa shape index (κ2) is 7.98. The Balaban J connectivity index is 2.11. The Morgan fingerprint density at radius 3 is 2.63 bits per heavy atom. The van der Waals surface area contributed by atoms with E-state index >= 15 is 0 Å². The minimum Gasteiger partial charge on any atom is -0.379 e. The van der Waals surface area contributed by atoms with Crippen molar-refractivity contribution in [2.75, 3.05) is 13.2 Å². The molecular formula is C15H28N2OS. The van der Waals surface area contributed by atoms with Crippen molar-refractivity contribution in [2.24, 2.45) is 0 Å². The summed E-state index contributed by atoms with van der Waals surface area (Å²) >= 11 is 1.81. The molecule has 0 saturated carbocycles. The number of nitrogens with zero attached hydrogens (tertiary/aromatic N) is 1. The van der Waals surface area contributed by atoms with Crippen LogP contribution in [0.1, 0.15) is 57.3 Å². The molecule has 1 heterocycles. The topological polar surface area (TPSA) is 34.1 Å². The Hall–Kier alpha value is -0.450. The van der Waals surface area contributed by atoms with Crippen LogP contribution >= 0.6 is 11.3 Å². The molecular weight excluding hydrogens is 256 g/mol. The molecule has 0 unspecified atom stereocenters. The van der Waals surface area contributed by atoms with E-state index in [-0.39, 0.29) is 5.41 Å². The first kappa shape index (κ1) is 16.6. The van der Waals surface area contributed by atoms with E-state index in [9.17, 15) is 0 Å². The van der Waals surface area contributed by atoms with Gasteiger partial charge < -0.3 is 10.1 Å². The summed E-state index contributed by atoms with van der Waals surface area (Å²) in [7, 11) is 0. The van der Waals surface area contributed by atoms with Gasteiger partial charge in [-0.25, -0.2) is 4.98 Å². The molecule has 0 radical (unpaired) electrons. The first-order valence-corrected chi connectivity index (χ1v) is 7.98. The van der Waals surface area contributed by atoms with Crippen molar-refractivity contribution in [1.82, 2.24) is 10.3 Å². The first-order chi connectivity index (χ1) is 8.89. The van der Waals surface area contributed by atoms with E-state index in [1.54, 1.807) is 0 Å². The standard InChI is InChI=1S/C15H28N2OS/c1-12(2)18-9-7-6-8-16-10-13-11-17-14(19-13)15(3,4)5/h11-12,16H,6-10H2,1-5H3. The van der Waals surface area contributed by atoms with Crippen molar-refractivity contribution in [1.29, 1.82) is 0 Å². The SMILES string of the molecule is CC(C)OCCCCNCc1cnc(C(C)(C)C)s1. The summed E-state index contributed by atoms with van der Waals surface area (Å²) in [5.41, 5.74) is 0.164. The normalized spacial score (nSPS) is 12.3. The van der Waals surface area contributed by atoms with E-state index in [0.717, 1.165) is 32.5 Å². The van der Waals surface area contributed by atoms with Crippen LogP contribution < -0.4 is 5.32 Å². The monoisotopic (exact) mass is 284 g/mol. The van der Waals surface area contributed by atoms with Gasteiger partial charge in [0.2, 0.25) is 0 Å². The molecule has 1 rings (SSSR count). The number of hydrogen-bond acceptors (Lipinski definition) is 4. The lowest BCUT2D eigenvalue weighted by Gasteiger charge is -2.13. The summed E-state index contributed by atoms with van der Waals surface area (Å²) in [6, 6.07) is 0. The average Bonchev–Trinajstić information content (AvgIpc) is 2.75. The van der Waals surface area contributed by atoms with Crippen molar-refractivity contribution in [2.45, 2.75) is 65.5 Å². The predicted octanol–water partition coefficient (Wildman–Crippen LogP) is 3.74. The van der Waals surface area contributed by atoms with Crippen LogP contribution in [0.5, 0.6) is 0 Å². The number of aromatic nitrogens is 1. The van der Waals surface area contributed by atoms with E-state index < -0.39 is 0 Å². The van der Waals surface area contributed by atoms with Crippen LogP contribution in [0.2, 0.25) is 0 Å². The largest absolute Gasteiger partial charge is 0.379 e. The van der Waals surface area contributed by atoms with Gasteiger partial charge in [-0.1, -0.05) is 20.8 Å². The highest BCUT2D eigenvalue weighted by Crippen LogP contribution is 2.26. The molecule has 0 amide bonds. The van der Waals surface area contributed by atoms with Gasteiger partial charge in [0.05, 0.1) is 11.1 Å². The van der Waals surface area contributed by atoms with Crippen LogP contribution in [-0.4, -0.2) is 24.2 Å². The number of rotatable bonds is 8. The molecule has 0 bridgehead atoms. The van der Waals surface area contributed by atoms with Gasteiger partial charge in [-0.3, -0.25) is 0 Å². The third-order valence-electron chi connectivity index (χ3n) is 2.69. The van der Waals surface area contributed by atoms with Gasteiger partial charge in [0.15, 0.2) is 0 Å². The summed E-state index contributed by atoms with van der Waals surface area (Å²) in [4.78, 5) is 5.82. The highest BCUT2D eigenvalue weighted by Gasteiger charge is 2.17. The second-order valence-corrected chi connectivity index (χ2v) is 7.30. The molecule has 0 saturated heterocycles. The number of ether oxygens (including phenoxy) is 1. The van der Waals surface area contributed by atoms with Crippen molar-refractivity contribution in [3.63, 3.8) is 0 Å². The predicted molar refractivity (Wildman–Crippen MR) is 82.8 cm³/mol. The number of unbranched alkanes of at least 4 members (excludes halogenated alkanes) is 1. The molecule has 0 aliphatic heterocycles. The minimum absolute atomic E-state index is 0.164. The smallest absolute Gasteiger partial charge is 0.0981 e. The highest BCUT2D eigenvalue weighted by molar-refractivity contribution is 7.11. The maximum atomic E-state index is 5.51. The zero-order valence-electron chi connectivity index (χ0n) is 13.0. The van der Waals surface area contributed by atoms with Crippen LogP contribution in [0.3, 0.4) is 0 Å². The van der Waals surface area contributed by atoms with E-state index in [1.165, 1.54) is 9.88 Å². The maximum Gasteiger partial charge on any atom is 0.0981 e. The van der Waals surface area contributed by atoms with Gasteiger partial charge in [0, 0.05) is 29.6 Å². The summed E-state index contributed by atoms with van der Waals surface area (Å²) < 4.78 is 5.51. The highest BCUT2D eigenvalue weighted by atomic mass is 32.1. The van der Waals surface area contributed by atoms with Gasteiger partial charge in [0.25, 0.3) is 0 Å². The molecule has 1 N–H and O–H groups in total. The van der Waals surface area contributed by atoms with Crippen molar-refractivity contribution >= 4 is 11.3 Å². The van der Waals surface area contributed by atoms with Crippen molar-refractivity contribution in [3.05, 3.63) is 16.1 Å². The van der Waals surface area contributed by atoms with E-state index in [1.807, 2.05) is 17.5 Å². The van der Waals surface area contributed by atoms with E-state index in [0.29, 0.717) is 6.10 Å². The fourth-order valence-corrected chi connectivity index (χ4v) is 2.56. The molecule has 0 aromatic carbocycles. The average molecular weight is 284 g/mol. The summed E-state index contributed by atoms with van der Waals surface area (Å²) in [5.74, 6) is 0.